The molecule has 3 unspecified atom stereocenters. The molecule has 3 nitrogen and oxygen atoms in total. The molecule has 20 heavy (non-hydrogen) atoms. The summed E-state index contributed by atoms with van der Waals surface area (Å²) in [6.45, 7) is 6.62. The molecule has 0 aliphatic carbocycles. The van der Waals surface area contributed by atoms with Gasteiger partial charge in [-0.15, -0.1) is 0 Å². The molecule has 1 N–H and O–H groups in total. The average molecular weight is 276 g/mol. The van der Waals surface area contributed by atoms with Crippen LogP contribution >= 0.6 is 0 Å². The first kappa shape index (κ1) is 15.3. The lowest BCUT2D eigenvalue weighted by Gasteiger charge is -2.44. The van der Waals surface area contributed by atoms with Gasteiger partial charge in [0, 0.05) is 31.4 Å². The predicted octanol–water partition coefficient (Wildman–Crippen LogP) is 2.70. The highest BCUT2D eigenvalue weighted by atomic mass is 16.5. The van der Waals surface area contributed by atoms with Crippen molar-refractivity contribution in [2.75, 3.05) is 32.2 Å². The van der Waals surface area contributed by atoms with E-state index in [1.54, 1.807) is 7.11 Å². The molecule has 3 atom stereocenters. The van der Waals surface area contributed by atoms with Gasteiger partial charge in [-0.25, -0.2) is 0 Å². The van der Waals surface area contributed by atoms with Crippen LogP contribution in [0.4, 0.5) is 5.69 Å². The van der Waals surface area contributed by atoms with E-state index in [4.69, 9.17) is 4.74 Å². The fourth-order valence-corrected chi connectivity index (χ4v) is 3.33. The summed E-state index contributed by atoms with van der Waals surface area (Å²) in [7, 11) is 3.85. The van der Waals surface area contributed by atoms with Crippen molar-refractivity contribution in [3.8, 4) is 0 Å². The molecule has 3 heteroatoms. The second-order valence-corrected chi connectivity index (χ2v) is 5.85. The molecule has 0 radical (unpaired) electrons. The molecule has 1 aliphatic rings. The summed E-state index contributed by atoms with van der Waals surface area (Å²) in [5.41, 5.74) is 2.79. The lowest BCUT2D eigenvalue weighted by Crippen LogP contribution is -2.53. The molecule has 0 saturated carbocycles. The summed E-state index contributed by atoms with van der Waals surface area (Å²) >= 11 is 0. The van der Waals surface area contributed by atoms with Crippen molar-refractivity contribution in [3.63, 3.8) is 0 Å². The van der Waals surface area contributed by atoms with Crippen LogP contribution in [-0.2, 0) is 11.2 Å². The Labute approximate surface area is 123 Å². The van der Waals surface area contributed by atoms with Gasteiger partial charge >= 0.3 is 0 Å². The number of rotatable bonds is 5. The Hall–Kier alpha value is -1.06. The minimum absolute atomic E-state index is 0.560. The molecule has 0 bridgehead atoms. The maximum absolute atomic E-state index is 5.24. The topological polar surface area (TPSA) is 24.5 Å². The smallest absolute Gasteiger partial charge is 0.0503 e. The van der Waals surface area contributed by atoms with E-state index >= 15 is 0 Å². The standard InChI is InChI=1S/C17H28N2O/c1-13-14(2)19(11-9-16(13)18-3)17-8-6-5-7-15(17)10-12-20-4/h5-8,13-14,16,18H,9-12H2,1-4H3. The van der Waals surface area contributed by atoms with Crippen LogP contribution in [0.25, 0.3) is 0 Å². The highest BCUT2D eigenvalue weighted by molar-refractivity contribution is 5.55. The van der Waals surface area contributed by atoms with E-state index in [2.05, 4.69) is 55.4 Å². The molecule has 1 heterocycles. The number of anilines is 1. The number of benzene rings is 1. The average Bonchev–Trinajstić information content (AvgIpc) is 2.48. The van der Waals surface area contributed by atoms with Crippen LogP contribution in [0.5, 0.6) is 0 Å². The highest BCUT2D eigenvalue weighted by Crippen LogP contribution is 2.31. The van der Waals surface area contributed by atoms with E-state index in [-0.39, 0.29) is 0 Å². The molecular weight excluding hydrogens is 248 g/mol. The number of nitrogens with zero attached hydrogens (tertiary/aromatic N) is 1. The van der Waals surface area contributed by atoms with Crippen molar-refractivity contribution in [2.24, 2.45) is 5.92 Å². The number of hydrogen-bond acceptors (Lipinski definition) is 3. The van der Waals surface area contributed by atoms with Crippen LogP contribution in [0.2, 0.25) is 0 Å². The predicted molar refractivity (Wildman–Crippen MR) is 85.5 cm³/mol. The first-order valence-electron chi connectivity index (χ1n) is 7.69. The summed E-state index contributed by atoms with van der Waals surface area (Å²) < 4.78 is 5.24. The number of para-hydroxylation sites is 1. The monoisotopic (exact) mass is 276 g/mol. The van der Waals surface area contributed by atoms with Gasteiger partial charge in [0.05, 0.1) is 6.61 Å². The summed E-state index contributed by atoms with van der Waals surface area (Å²) in [6, 6.07) is 9.96. The van der Waals surface area contributed by atoms with Crippen LogP contribution in [0.1, 0.15) is 25.8 Å². The third-order valence-electron chi connectivity index (χ3n) is 4.82. The van der Waals surface area contributed by atoms with Crippen LogP contribution < -0.4 is 10.2 Å². The van der Waals surface area contributed by atoms with Crippen molar-refractivity contribution in [2.45, 2.75) is 38.8 Å². The lowest BCUT2D eigenvalue weighted by atomic mass is 9.86. The molecule has 1 aliphatic heterocycles. The van der Waals surface area contributed by atoms with Gasteiger partial charge in [-0.2, -0.15) is 0 Å². The minimum Gasteiger partial charge on any atom is -0.384 e. The largest absolute Gasteiger partial charge is 0.384 e. The van der Waals surface area contributed by atoms with Gasteiger partial charge in [-0.05, 0) is 44.4 Å². The Balaban J connectivity index is 2.19. The van der Waals surface area contributed by atoms with Gasteiger partial charge in [0.2, 0.25) is 0 Å². The van der Waals surface area contributed by atoms with Gasteiger partial charge in [0.25, 0.3) is 0 Å². The fraction of sp³-hybridized carbons (Fsp3) is 0.647. The summed E-state index contributed by atoms with van der Waals surface area (Å²) in [5.74, 6) is 0.657. The van der Waals surface area contributed by atoms with Crippen LogP contribution in [-0.4, -0.2) is 39.4 Å². The maximum atomic E-state index is 5.24. The Morgan fingerprint density at radius 3 is 2.75 bits per heavy atom. The van der Waals surface area contributed by atoms with Gasteiger partial charge in [0.1, 0.15) is 0 Å². The zero-order valence-corrected chi connectivity index (χ0v) is 13.2. The van der Waals surface area contributed by atoms with Crippen molar-refractivity contribution < 1.29 is 4.74 Å². The van der Waals surface area contributed by atoms with E-state index in [0.29, 0.717) is 18.0 Å². The Morgan fingerprint density at radius 1 is 1.30 bits per heavy atom. The van der Waals surface area contributed by atoms with E-state index in [1.165, 1.54) is 17.7 Å². The zero-order chi connectivity index (χ0) is 14.5. The summed E-state index contributed by atoms with van der Waals surface area (Å²) in [6.07, 6.45) is 2.19. The molecule has 0 aromatic heterocycles. The molecule has 1 fully saturated rings. The third kappa shape index (κ3) is 3.15. The lowest BCUT2D eigenvalue weighted by molar-refractivity contribution is 0.202. The number of methoxy groups -OCH3 is 1. The van der Waals surface area contributed by atoms with Crippen LogP contribution in [0, 0.1) is 5.92 Å². The zero-order valence-electron chi connectivity index (χ0n) is 13.2. The van der Waals surface area contributed by atoms with E-state index in [0.717, 1.165) is 19.6 Å². The molecule has 112 valence electrons. The first-order valence-corrected chi connectivity index (χ1v) is 7.69. The first-order chi connectivity index (χ1) is 9.69. The Kier molecular flexibility index (Phi) is 5.44. The molecule has 2 rings (SSSR count). The van der Waals surface area contributed by atoms with Gasteiger partial charge in [-0.1, -0.05) is 25.1 Å². The third-order valence-corrected chi connectivity index (χ3v) is 4.82. The van der Waals surface area contributed by atoms with E-state index in [9.17, 15) is 0 Å². The quantitative estimate of drug-likeness (QED) is 0.895. The second kappa shape index (κ2) is 7.09. The summed E-state index contributed by atoms with van der Waals surface area (Å²) in [4.78, 5) is 2.57. The van der Waals surface area contributed by atoms with E-state index in [1.807, 2.05) is 0 Å². The number of hydrogen-bond donors (Lipinski definition) is 1. The SMILES string of the molecule is CNC1CCN(c2ccccc2CCOC)C(C)C1C. The van der Waals surface area contributed by atoms with Crippen LogP contribution in [0.3, 0.4) is 0 Å². The molecule has 1 saturated heterocycles. The van der Waals surface area contributed by atoms with Crippen molar-refractivity contribution >= 4 is 5.69 Å². The molecular formula is C17H28N2O. The Bertz CT molecular complexity index is 421. The van der Waals surface area contributed by atoms with Crippen molar-refractivity contribution in [1.82, 2.24) is 5.32 Å². The van der Waals surface area contributed by atoms with Gasteiger partial charge < -0.3 is 15.0 Å². The molecule has 1 aromatic carbocycles. The number of ether oxygens (including phenoxy) is 1. The van der Waals surface area contributed by atoms with Crippen molar-refractivity contribution in [3.05, 3.63) is 29.8 Å². The molecule has 0 spiro atoms. The second-order valence-electron chi connectivity index (χ2n) is 5.85. The molecule has 0 amide bonds. The van der Waals surface area contributed by atoms with Gasteiger partial charge in [-0.3, -0.25) is 0 Å². The highest BCUT2D eigenvalue weighted by Gasteiger charge is 2.32. The van der Waals surface area contributed by atoms with Gasteiger partial charge in [0.15, 0.2) is 0 Å². The normalized spacial score (nSPS) is 26.8. The van der Waals surface area contributed by atoms with Crippen LogP contribution in [0.15, 0.2) is 24.3 Å². The number of nitrogens with one attached hydrogen (secondary N) is 1. The van der Waals surface area contributed by atoms with Crippen molar-refractivity contribution in [1.29, 1.82) is 0 Å². The summed E-state index contributed by atoms with van der Waals surface area (Å²) in [5, 5.41) is 3.46. The van der Waals surface area contributed by atoms with E-state index < -0.39 is 0 Å². The minimum atomic E-state index is 0.560. The Morgan fingerprint density at radius 2 is 2.05 bits per heavy atom. The maximum Gasteiger partial charge on any atom is 0.0503 e. The number of piperidine rings is 1. The fourth-order valence-electron chi connectivity index (χ4n) is 3.33. The molecule has 1 aromatic rings.